The molecule has 0 aliphatic rings. The molecule has 0 spiro atoms. The first-order valence-corrected chi connectivity index (χ1v) is 9.81. The van der Waals surface area contributed by atoms with Gasteiger partial charge in [-0.3, -0.25) is 4.79 Å². The monoisotopic (exact) mass is 379 g/mol. The van der Waals surface area contributed by atoms with Crippen LogP contribution in [-0.2, 0) is 14.3 Å². The number of esters is 1. The van der Waals surface area contributed by atoms with Crippen molar-refractivity contribution in [2.45, 2.75) is 65.9 Å². The molecule has 0 fully saturated rings. The maximum absolute atomic E-state index is 12.7. The Hall–Kier alpha value is -2.08. The molecule has 1 aromatic rings. The third-order valence-corrected chi connectivity index (χ3v) is 4.16. The van der Waals surface area contributed by atoms with E-state index in [0.717, 1.165) is 19.3 Å². The van der Waals surface area contributed by atoms with E-state index in [4.69, 9.17) is 14.2 Å². The number of amides is 1. The molecule has 1 amide bonds. The second-order valence-corrected chi connectivity index (χ2v) is 6.50. The van der Waals surface area contributed by atoms with E-state index in [9.17, 15) is 9.59 Å². The van der Waals surface area contributed by atoms with Gasteiger partial charge in [0.2, 0.25) is 0 Å². The first-order chi connectivity index (χ1) is 12.9. The molecule has 0 aliphatic carbocycles. The summed E-state index contributed by atoms with van der Waals surface area (Å²) in [5.41, 5.74) is -0.101. The van der Waals surface area contributed by atoms with Crippen molar-refractivity contribution in [2.24, 2.45) is 0 Å². The van der Waals surface area contributed by atoms with Crippen LogP contribution < -0.4 is 10.1 Å². The zero-order valence-corrected chi connectivity index (χ0v) is 17.2. The zero-order chi connectivity index (χ0) is 20.3. The quantitative estimate of drug-likeness (QED) is 0.425. The van der Waals surface area contributed by atoms with Crippen LogP contribution >= 0.6 is 0 Å². The molecular formula is C21H33NO5. The summed E-state index contributed by atoms with van der Waals surface area (Å²) >= 11 is 0. The predicted octanol–water partition coefficient (Wildman–Crippen LogP) is 4.58. The van der Waals surface area contributed by atoms with Gasteiger partial charge in [0.1, 0.15) is 16.9 Å². The fraction of sp³-hybridized carbons (Fsp3) is 0.619. The lowest BCUT2D eigenvalue weighted by Crippen LogP contribution is -2.42. The van der Waals surface area contributed by atoms with Crippen LogP contribution in [0.15, 0.2) is 18.2 Å². The summed E-state index contributed by atoms with van der Waals surface area (Å²) < 4.78 is 16.5. The van der Waals surface area contributed by atoms with Crippen LogP contribution in [0.3, 0.4) is 0 Å². The van der Waals surface area contributed by atoms with Crippen molar-refractivity contribution < 1.29 is 23.8 Å². The van der Waals surface area contributed by atoms with Crippen LogP contribution in [0.25, 0.3) is 0 Å². The van der Waals surface area contributed by atoms with Crippen LogP contribution in [0.4, 0.5) is 5.69 Å². The topological polar surface area (TPSA) is 73.9 Å². The summed E-state index contributed by atoms with van der Waals surface area (Å²) in [6, 6.07) is 5.01. The summed E-state index contributed by atoms with van der Waals surface area (Å²) in [5, 5.41) is 2.86. The Morgan fingerprint density at radius 3 is 2.41 bits per heavy atom. The number of rotatable bonds is 12. The maximum Gasteiger partial charge on any atom is 0.341 e. The first-order valence-electron chi connectivity index (χ1n) is 9.81. The Morgan fingerprint density at radius 2 is 1.81 bits per heavy atom. The Labute approximate surface area is 162 Å². The van der Waals surface area contributed by atoms with E-state index in [2.05, 4.69) is 12.2 Å². The number of carbonyl (C=O) groups excluding carboxylic acids is 2. The number of hydrogen-bond donors (Lipinski definition) is 1. The standard InChI is InChI=1S/C21H33NO5/c1-6-10-14-26-18-12-11-16(15-17(18)19(23)25-8-3)22-20(24)21(5,13-7-2)27-9-4/h11-12,15H,6-10,13-14H2,1-5H3,(H,22,24)/t21-/m1/s1. The van der Waals surface area contributed by atoms with E-state index in [1.165, 1.54) is 0 Å². The molecule has 6 heteroatoms. The fourth-order valence-electron chi connectivity index (χ4n) is 2.74. The molecule has 0 aromatic heterocycles. The lowest BCUT2D eigenvalue weighted by Gasteiger charge is -2.28. The van der Waals surface area contributed by atoms with Gasteiger partial charge in [0.15, 0.2) is 0 Å². The van der Waals surface area contributed by atoms with E-state index in [-0.39, 0.29) is 12.5 Å². The highest BCUT2D eigenvalue weighted by Gasteiger charge is 2.33. The number of hydrogen-bond acceptors (Lipinski definition) is 5. The van der Waals surface area contributed by atoms with Crippen LogP contribution in [0.5, 0.6) is 5.75 Å². The van der Waals surface area contributed by atoms with Crippen molar-refractivity contribution in [3.05, 3.63) is 23.8 Å². The summed E-state index contributed by atoms with van der Waals surface area (Å²) in [6.45, 7) is 10.7. The van der Waals surface area contributed by atoms with E-state index < -0.39 is 11.6 Å². The molecule has 0 radical (unpaired) electrons. The molecule has 0 aliphatic heterocycles. The second kappa shape index (κ2) is 11.6. The minimum atomic E-state index is -0.913. The van der Waals surface area contributed by atoms with E-state index in [1.54, 1.807) is 32.0 Å². The highest BCUT2D eigenvalue weighted by atomic mass is 16.5. The van der Waals surface area contributed by atoms with Crippen molar-refractivity contribution in [2.75, 3.05) is 25.1 Å². The van der Waals surface area contributed by atoms with Crippen molar-refractivity contribution in [3.63, 3.8) is 0 Å². The summed E-state index contributed by atoms with van der Waals surface area (Å²) in [6.07, 6.45) is 3.32. The van der Waals surface area contributed by atoms with Crippen LogP contribution in [-0.4, -0.2) is 37.3 Å². The highest BCUT2D eigenvalue weighted by molar-refractivity contribution is 5.99. The molecule has 0 heterocycles. The Kier molecular flexibility index (Phi) is 9.86. The number of carbonyl (C=O) groups is 2. The maximum atomic E-state index is 12.7. The fourth-order valence-corrected chi connectivity index (χ4v) is 2.74. The van der Waals surface area contributed by atoms with Gasteiger partial charge in [-0.05, 0) is 51.8 Å². The van der Waals surface area contributed by atoms with Gasteiger partial charge in [-0.2, -0.15) is 0 Å². The number of anilines is 1. The van der Waals surface area contributed by atoms with Gasteiger partial charge >= 0.3 is 5.97 Å². The average molecular weight is 379 g/mol. The van der Waals surface area contributed by atoms with Crippen LogP contribution in [0, 0.1) is 0 Å². The van der Waals surface area contributed by atoms with Gasteiger partial charge in [0, 0.05) is 12.3 Å². The van der Waals surface area contributed by atoms with Crippen molar-refractivity contribution >= 4 is 17.6 Å². The van der Waals surface area contributed by atoms with Gasteiger partial charge in [0.25, 0.3) is 5.91 Å². The molecule has 0 saturated heterocycles. The molecule has 6 nitrogen and oxygen atoms in total. The minimum Gasteiger partial charge on any atom is -0.493 e. The molecule has 0 saturated carbocycles. The predicted molar refractivity (Wildman–Crippen MR) is 106 cm³/mol. The SMILES string of the molecule is CCCCOc1ccc(NC(=O)[C@@](C)(CCC)OCC)cc1C(=O)OCC. The number of unbranched alkanes of at least 4 members (excludes halogenated alkanes) is 1. The lowest BCUT2D eigenvalue weighted by molar-refractivity contribution is -0.139. The van der Waals surface area contributed by atoms with E-state index in [0.29, 0.717) is 36.6 Å². The van der Waals surface area contributed by atoms with Gasteiger partial charge < -0.3 is 19.5 Å². The minimum absolute atomic E-state index is 0.235. The van der Waals surface area contributed by atoms with Crippen LogP contribution in [0.1, 0.15) is 70.7 Å². The molecule has 27 heavy (non-hydrogen) atoms. The van der Waals surface area contributed by atoms with Crippen LogP contribution in [0.2, 0.25) is 0 Å². The smallest absolute Gasteiger partial charge is 0.341 e. The van der Waals surface area contributed by atoms with Gasteiger partial charge in [0.05, 0.1) is 13.2 Å². The van der Waals surface area contributed by atoms with Crippen molar-refractivity contribution in [1.29, 1.82) is 0 Å². The van der Waals surface area contributed by atoms with Crippen molar-refractivity contribution in [1.82, 2.24) is 0 Å². The average Bonchev–Trinajstić information content (AvgIpc) is 2.63. The van der Waals surface area contributed by atoms with E-state index in [1.807, 2.05) is 13.8 Å². The summed E-state index contributed by atoms with van der Waals surface area (Å²) in [4.78, 5) is 25.0. The largest absolute Gasteiger partial charge is 0.493 e. The third kappa shape index (κ3) is 6.86. The molecular weight excluding hydrogens is 346 g/mol. The van der Waals surface area contributed by atoms with Gasteiger partial charge in [-0.1, -0.05) is 26.7 Å². The lowest BCUT2D eigenvalue weighted by atomic mass is 9.99. The molecule has 1 N–H and O–H groups in total. The molecule has 1 rings (SSSR count). The number of benzene rings is 1. The van der Waals surface area contributed by atoms with Gasteiger partial charge in [-0.15, -0.1) is 0 Å². The molecule has 1 atom stereocenters. The van der Waals surface area contributed by atoms with Crippen molar-refractivity contribution in [3.8, 4) is 5.75 Å². The zero-order valence-electron chi connectivity index (χ0n) is 17.2. The number of ether oxygens (including phenoxy) is 3. The van der Waals surface area contributed by atoms with Gasteiger partial charge in [-0.25, -0.2) is 4.79 Å². The Balaban J connectivity index is 3.05. The Morgan fingerprint density at radius 1 is 1.07 bits per heavy atom. The molecule has 1 aromatic carbocycles. The summed E-state index contributed by atoms with van der Waals surface area (Å²) in [5.74, 6) is -0.247. The normalized spacial score (nSPS) is 12.9. The molecule has 0 bridgehead atoms. The highest BCUT2D eigenvalue weighted by Crippen LogP contribution is 2.26. The summed E-state index contributed by atoms with van der Waals surface area (Å²) in [7, 11) is 0. The second-order valence-electron chi connectivity index (χ2n) is 6.50. The first kappa shape index (κ1) is 23.0. The van der Waals surface area contributed by atoms with E-state index >= 15 is 0 Å². The molecule has 0 unspecified atom stereocenters. The Bertz CT molecular complexity index is 609. The molecule has 152 valence electrons. The third-order valence-electron chi connectivity index (χ3n) is 4.16. The number of nitrogens with one attached hydrogen (secondary N) is 1.